The van der Waals surface area contributed by atoms with Crippen molar-refractivity contribution >= 4 is 16.0 Å². The number of aliphatic carboxylic acids is 1. The maximum absolute atomic E-state index is 11.2. The van der Waals surface area contributed by atoms with Crippen molar-refractivity contribution in [1.82, 2.24) is 4.72 Å². The van der Waals surface area contributed by atoms with E-state index < -0.39 is 21.7 Å². The van der Waals surface area contributed by atoms with Crippen LogP contribution >= 0.6 is 0 Å². The molecule has 1 aliphatic carbocycles. The molecule has 1 saturated carbocycles. The first-order valence-electron chi connectivity index (χ1n) is 5.26. The highest BCUT2D eigenvalue weighted by Crippen LogP contribution is 2.23. The standard InChI is InChI=1S/C9H17NO5S/c11-8-3-1-2-7(4-8)5-10-16(14,15)6-9(12)13/h7-8,10-11H,1-6H2,(H,12,13). The first-order chi connectivity index (χ1) is 7.39. The summed E-state index contributed by atoms with van der Waals surface area (Å²) in [5.41, 5.74) is 0. The molecule has 0 heterocycles. The molecule has 0 saturated heterocycles. The highest BCUT2D eigenvalue weighted by molar-refractivity contribution is 7.90. The molecule has 0 aromatic heterocycles. The lowest BCUT2D eigenvalue weighted by atomic mass is 9.87. The van der Waals surface area contributed by atoms with Gasteiger partial charge in [0.1, 0.15) is 0 Å². The molecule has 1 aliphatic rings. The Balaban J connectivity index is 2.36. The molecule has 7 heteroatoms. The SMILES string of the molecule is O=C(O)CS(=O)(=O)NCC1CCCC(O)C1. The topological polar surface area (TPSA) is 104 Å². The highest BCUT2D eigenvalue weighted by atomic mass is 32.2. The molecule has 0 aromatic carbocycles. The van der Waals surface area contributed by atoms with Crippen LogP contribution in [0.4, 0.5) is 0 Å². The molecule has 0 radical (unpaired) electrons. The van der Waals surface area contributed by atoms with Crippen molar-refractivity contribution in [3.05, 3.63) is 0 Å². The van der Waals surface area contributed by atoms with E-state index in [-0.39, 0.29) is 18.6 Å². The Morgan fingerprint density at radius 3 is 2.62 bits per heavy atom. The quantitative estimate of drug-likeness (QED) is 0.613. The highest BCUT2D eigenvalue weighted by Gasteiger charge is 2.22. The zero-order chi connectivity index (χ0) is 12.2. The normalized spacial score (nSPS) is 26.6. The van der Waals surface area contributed by atoms with Crippen LogP contribution in [0.15, 0.2) is 0 Å². The monoisotopic (exact) mass is 251 g/mol. The molecule has 94 valence electrons. The fourth-order valence-corrected chi connectivity index (χ4v) is 2.82. The number of carboxylic acid groups (broad SMARTS) is 1. The molecule has 2 unspecified atom stereocenters. The van der Waals surface area contributed by atoms with E-state index >= 15 is 0 Å². The minimum Gasteiger partial charge on any atom is -0.480 e. The van der Waals surface area contributed by atoms with Gasteiger partial charge in [0, 0.05) is 6.54 Å². The Morgan fingerprint density at radius 1 is 1.38 bits per heavy atom. The minimum atomic E-state index is -3.73. The van der Waals surface area contributed by atoms with Gasteiger partial charge in [0.15, 0.2) is 5.75 Å². The fourth-order valence-electron chi connectivity index (χ4n) is 1.91. The first-order valence-corrected chi connectivity index (χ1v) is 6.91. The Kier molecular flexibility index (Phi) is 4.69. The fraction of sp³-hybridized carbons (Fsp3) is 0.889. The second-order valence-electron chi connectivity index (χ2n) is 4.19. The van der Waals surface area contributed by atoms with Crippen LogP contribution in [0.2, 0.25) is 0 Å². The van der Waals surface area contributed by atoms with Gasteiger partial charge in [-0.2, -0.15) is 0 Å². The van der Waals surface area contributed by atoms with Crippen LogP contribution in [0.3, 0.4) is 0 Å². The van der Waals surface area contributed by atoms with Crippen molar-refractivity contribution in [2.75, 3.05) is 12.3 Å². The maximum Gasteiger partial charge on any atom is 0.320 e. The largest absolute Gasteiger partial charge is 0.480 e. The average Bonchev–Trinajstić information content (AvgIpc) is 2.13. The van der Waals surface area contributed by atoms with E-state index in [2.05, 4.69) is 4.72 Å². The predicted octanol–water partition coefficient (Wildman–Crippen LogP) is -0.458. The molecule has 0 aromatic rings. The van der Waals surface area contributed by atoms with Gasteiger partial charge in [0.25, 0.3) is 0 Å². The van der Waals surface area contributed by atoms with Crippen LogP contribution < -0.4 is 4.72 Å². The third-order valence-corrected chi connectivity index (χ3v) is 3.89. The van der Waals surface area contributed by atoms with Gasteiger partial charge in [-0.3, -0.25) is 4.79 Å². The molecule has 0 bridgehead atoms. The molecular weight excluding hydrogens is 234 g/mol. The number of aliphatic hydroxyl groups excluding tert-OH is 1. The molecule has 0 aliphatic heterocycles. The second kappa shape index (κ2) is 5.60. The van der Waals surface area contributed by atoms with Gasteiger partial charge >= 0.3 is 5.97 Å². The lowest BCUT2D eigenvalue weighted by Gasteiger charge is -2.25. The van der Waals surface area contributed by atoms with Gasteiger partial charge in [-0.25, -0.2) is 13.1 Å². The molecule has 2 atom stereocenters. The summed E-state index contributed by atoms with van der Waals surface area (Å²) in [6.45, 7) is 0.215. The molecule has 0 spiro atoms. The summed E-state index contributed by atoms with van der Waals surface area (Å²) in [6, 6.07) is 0. The number of carbonyl (C=O) groups is 1. The van der Waals surface area contributed by atoms with Gasteiger partial charge in [0.05, 0.1) is 6.10 Å². The van der Waals surface area contributed by atoms with Crippen molar-refractivity contribution < 1.29 is 23.4 Å². The van der Waals surface area contributed by atoms with E-state index in [1.165, 1.54) is 0 Å². The number of nitrogens with one attached hydrogen (secondary N) is 1. The van der Waals surface area contributed by atoms with E-state index in [4.69, 9.17) is 5.11 Å². The zero-order valence-corrected chi connectivity index (χ0v) is 9.74. The van der Waals surface area contributed by atoms with E-state index in [9.17, 15) is 18.3 Å². The number of carboxylic acids is 1. The van der Waals surface area contributed by atoms with Crippen LogP contribution in [0.25, 0.3) is 0 Å². The summed E-state index contributed by atoms with van der Waals surface area (Å²) < 4.78 is 24.7. The molecule has 3 N–H and O–H groups in total. The summed E-state index contributed by atoms with van der Waals surface area (Å²) in [6.07, 6.45) is 2.73. The van der Waals surface area contributed by atoms with E-state index in [1.54, 1.807) is 0 Å². The van der Waals surface area contributed by atoms with Gasteiger partial charge < -0.3 is 10.2 Å². The van der Waals surface area contributed by atoms with Gasteiger partial charge in [0.2, 0.25) is 10.0 Å². The summed E-state index contributed by atoms with van der Waals surface area (Å²) >= 11 is 0. The third-order valence-electron chi connectivity index (χ3n) is 2.66. The van der Waals surface area contributed by atoms with Crippen molar-refractivity contribution in [2.45, 2.75) is 31.8 Å². The van der Waals surface area contributed by atoms with E-state index in [0.29, 0.717) is 6.42 Å². The van der Waals surface area contributed by atoms with Gasteiger partial charge in [-0.1, -0.05) is 6.42 Å². The summed E-state index contributed by atoms with van der Waals surface area (Å²) in [5, 5.41) is 17.8. The molecule has 6 nitrogen and oxygen atoms in total. The van der Waals surface area contributed by atoms with Crippen LogP contribution in [0, 0.1) is 5.92 Å². The lowest BCUT2D eigenvalue weighted by molar-refractivity contribution is -0.134. The predicted molar refractivity (Wildman–Crippen MR) is 57.4 cm³/mol. The molecule has 0 amide bonds. The first kappa shape index (κ1) is 13.4. The van der Waals surface area contributed by atoms with Crippen LogP contribution in [-0.2, 0) is 14.8 Å². The van der Waals surface area contributed by atoms with E-state index in [0.717, 1.165) is 19.3 Å². The number of rotatable bonds is 5. The minimum absolute atomic E-state index is 0.104. The second-order valence-corrected chi connectivity index (χ2v) is 5.99. The van der Waals surface area contributed by atoms with Crippen LogP contribution in [-0.4, -0.2) is 43.0 Å². The Morgan fingerprint density at radius 2 is 2.06 bits per heavy atom. The van der Waals surface area contributed by atoms with Gasteiger partial charge in [-0.15, -0.1) is 0 Å². The molecular formula is C9H17NO5S. The smallest absolute Gasteiger partial charge is 0.320 e. The third kappa shape index (κ3) is 4.91. The van der Waals surface area contributed by atoms with Crippen molar-refractivity contribution in [3.8, 4) is 0 Å². The lowest BCUT2D eigenvalue weighted by Crippen LogP contribution is -2.35. The van der Waals surface area contributed by atoms with E-state index in [1.807, 2.05) is 0 Å². The average molecular weight is 251 g/mol. The molecule has 16 heavy (non-hydrogen) atoms. The summed E-state index contributed by atoms with van der Waals surface area (Å²) in [7, 11) is -3.73. The Hall–Kier alpha value is -0.660. The Labute approximate surface area is 94.7 Å². The Bertz CT molecular complexity index is 340. The van der Waals surface area contributed by atoms with Gasteiger partial charge in [-0.05, 0) is 25.2 Å². The number of hydrogen-bond donors (Lipinski definition) is 3. The molecule has 1 fully saturated rings. The van der Waals surface area contributed by atoms with Crippen molar-refractivity contribution in [3.63, 3.8) is 0 Å². The number of aliphatic hydroxyl groups is 1. The van der Waals surface area contributed by atoms with Crippen molar-refractivity contribution in [2.24, 2.45) is 5.92 Å². The summed E-state index contributed by atoms with van der Waals surface area (Å²) in [5.74, 6) is -2.16. The summed E-state index contributed by atoms with van der Waals surface area (Å²) in [4.78, 5) is 10.3. The van der Waals surface area contributed by atoms with Crippen LogP contribution in [0.1, 0.15) is 25.7 Å². The van der Waals surface area contributed by atoms with Crippen LogP contribution in [0.5, 0.6) is 0 Å². The number of hydrogen-bond acceptors (Lipinski definition) is 4. The molecule has 1 rings (SSSR count). The zero-order valence-electron chi connectivity index (χ0n) is 8.92. The van der Waals surface area contributed by atoms with Crippen molar-refractivity contribution in [1.29, 1.82) is 0 Å². The number of sulfonamides is 1. The maximum atomic E-state index is 11.2.